The Morgan fingerprint density at radius 3 is 2.43 bits per heavy atom. The number of nitrogens with two attached hydrogens (primary N) is 1. The van der Waals surface area contributed by atoms with Gasteiger partial charge in [-0.05, 0) is 40.2 Å². The van der Waals surface area contributed by atoms with Crippen molar-refractivity contribution in [2.75, 3.05) is 18.5 Å². The molecule has 1 aromatic heterocycles. The van der Waals surface area contributed by atoms with Gasteiger partial charge in [0.1, 0.15) is 16.4 Å². The molecule has 0 bridgehead atoms. The fraction of sp³-hybridized carbons (Fsp3) is 0.231. The Morgan fingerprint density at radius 1 is 1.33 bits per heavy atom. The summed E-state index contributed by atoms with van der Waals surface area (Å²) in [6.07, 6.45) is 0. The Bertz CT molecular complexity index is 725. The third kappa shape index (κ3) is 3.07. The van der Waals surface area contributed by atoms with Crippen molar-refractivity contribution in [2.24, 2.45) is 5.73 Å². The Morgan fingerprint density at radius 2 is 1.95 bits per heavy atom. The maximum Gasteiger partial charge on any atom is 0.268 e. The topological polar surface area (TPSA) is 85.8 Å². The Kier molecular flexibility index (Phi) is 4.60. The van der Waals surface area contributed by atoms with E-state index in [-0.39, 0.29) is 16.1 Å². The lowest BCUT2D eigenvalue weighted by molar-refractivity contribution is 0.415. The van der Waals surface area contributed by atoms with E-state index in [0.717, 1.165) is 0 Å². The van der Waals surface area contributed by atoms with Crippen LogP contribution >= 0.6 is 15.9 Å². The molecule has 0 fully saturated rings. The highest BCUT2D eigenvalue weighted by Crippen LogP contribution is 2.31. The zero-order chi connectivity index (χ0) is 15.6. The van der Waals surface area contributed by atoms with Gasteiger partial charge in [-0.1, -0.05) is 0 Å². The van der Waals surface area contributed by atoms with Gasteiger partial charge in [0, 0.05) is 13.1 Å². The average molecular weight is 375 g/mol. The van der Waals surface area contributed by atoms with Crippen molar-refractivity contribution in [1.82, 2.24) is 0 Å². The van der Waals surface area contributed by atoms with Crippen molar-refractivity contribution in [1.29, 1.82) is 0 Å². The molecule has 0 aliphatic carbocycles. The minimum Gasteiger partial charge on any atom is -0.497 e. The number of halogens is 1. The molecule has 1 heterocycles. The molecule has 0 aliphatic heterocycles. The monoisotopic (exact) mass is 374 g/mol. The third-order valence-electron chi connectivity index (χ3n) is 2.98. The highest BCUT2D eigenvalue weighted by molar-refractivity contribution is 9.10. The summed E-state index contributed by atoms with van der Waals surface area (Å²) in [5.74, 6) is 1.04. The van der Waals surface area contributed by atoms with Gasteiger partial charge in [0.2, 0.25) is 0 Å². The molecule has 0 radical (unpaired) electrons. The smallest absolute Gasteiger partial charge is 0.268 e. The summed E-state index contributed by atoms with van der Waals surface area (Å²) in [6, 6.07) is 8.12. The average Bonchev–Trinajstić information content (AvgIpc) is 2.88. The minimum atomic E-state index is -3.74. The van der Waals surface area contributed by atoms with Crippen LogP contribution in [-0.4, -0.2) is 22.6 Å². The van der Waals surface area contributed by atoms with Crippen LogP contribution in [0.1, 0.15) is 5.76 Å². The molecule has 2 N–H and O–H groups in total. The van der Waals surface area contributed by atoms with Crippen LogP contribution in [0.3, 0.4) is 0 Å². The first-order valence-corrected chi connectivity index (χ1v) is 8.24. The number of sulfonamides is 1. The number of benzene rings is 1. The Hall–Kier alpha value is -1.51. The van der Waals surface area contributed by atoms with Gasteiger partial charge in [-0.3, -0.25) is 4.31 Å². The summed E-state index contributed by atoms with van der Waals surface area (Å²) >= 11 is 3.11. The molecule has 114 valence electrons. The number of methoxy groups -OCH3 is 1. The van der Waals surface area contributed by atoms with Crippen LogP contribution in [-0.2, 0) is 16.6 Å². The maximum atomic E-state index is 12.6. The largest absolute Gasteiger partial charge is 0.497 e. The molecule has 2 aromatic rings. The van der Waals surface area contributed by atoms with E-state index in [4.69, 9.17) is 14.9 Å². The summed E-state index contributed by atoms with van der Waals surface area (Å²) < 4.78 is 36.8. The van der Waals surface area contributed by atoms with Gasteiger partial charge in [0.15, 0.2) is 4.67 Å². The molecular formula is C13H15BrN2O4S. The number of rotatable bonds is 5. The third-order valence-corrected chi connectivity index (χ3v) is 5.62. The molecule has 6 nitrogen and oxygen atoms in total. The second kappa shape index (κ2) is 6.08. The lowest BCUT2D eigenvalue weighted by Crippen LogP contribution is -2.26. The lowest BCUT2D eigenvalue weighted by Gasteiger charge is -2.18. The van der Waals surface area contributed by atoms with Crippen LogP contribution in [0.5, 0.6) is 5.75 Å². The van der Waals surface area contributed by atoms with Crippen LogP contribution in [0.2, 0.25) is 0 Å². The van der Waals surface area contributed by atoms with Gasteiger partial charge < -0.3 is 14.9 Å². The van der Waals surface area contributed by atoms with Crippen LogP contribution in [0.15, 0.2) is 44.3 Å². The zero-order valence-electron chi connectivity index (χ0n) is 11.5. The molecule has 0 unspecified atom stereocenters. The van der Waals surface area contributed by atoms with Gasteiger partial charge in [0.25, 0.3) is 10.0 Å². The van der Waals surface area contributed by atoms with E-state index >= 15 is 0 Å². The van der Waals surface area contributed by atoms with Crippen molar-refractivity contribution in [3.63, 3.8) is 0 Å². The second-order valence-corrected chi connectivity index (χ2v) is 6.88. The normalized spacial score (nSPS) is 11.4. The SMILES string of the molecule is COc1ccc(N(C)S(=O)(=O)c2cc(CN)oc2Br)cc1. The molecular weight excluding hydrogens is 360 g/mol. The quantitative estimate of drug-likeness (QED) is 0.867. The molecule has 0 atom stereocenters. The van der Waals surface area contributed by atoms with Crippen molar-refractivity contribution >= 4 is 31.6 Å². The summed E-state index contributed by atoms with van der Waals surface area (Å²) in [7, 11) is -0.716. The van der Waals surface area contributed by atoms with Gasteiger partial charge in [0.05, 0.1) is 19.3 Å². The van der Waals surface area contributed by atoms with Gasteiger partial charge >= 0.3 is 0 Å². The van der Waals surface area contributed by atoms with Crippen LogP contribution in [0.25, 0.3) is 0 Å². The highest BCUT2D eigenvalue weighted by atomic mass is 79.9. The first kappa shape index (κ1) is 15.9. The number of furan rings is 1. The van der Waals surface area contributed by atoms with Crippen molar-refractivity contribution in [3.8, 4) is 5.75 Å². The number of ether oxygens (including phenoxy) is 1. The number of nitrogens with zero attached hydrogens (tertiary/aromatic N) is 1. The summed E-state index contributed by atoms with van der Waals surface area (Å²) in [4.78, 5) is 0.0428. The fourth-order valence-electron chi connectivity index (χ4n) is 1.75. The van der Waals surface area contributed by atoms with Crippen LogP contribution < -0.4 is 14.8 Å². The highest BCUT2D eigenvalue weighted by Gasteiger charge is 2.27. The van der Waals surface area contributed by atoms with Gasteiger partial charge in [-0.2, -0.15) is 0 Å². The van der Waals surface area contributed by atoms with E-state index < -0.39 is 10.0 Å². The molecule has 2 rings (SSSR count). The molecule has 0 amide bonds. The van der Waals surface area contributed by atoms with E-state index in [1.54, 1.807) is 31.4 Å². The second-order valence-electron chi connectivity index (χ2n) is 4.23. The Balaban J connectivity index is 2.39. The van der Waals surface area contributed by atoms with E-state index in [2.05, 4.69) is 15.9 Å². The summed E-state index contributed by atoms with van der Waals surface area (Å²) in [6.45, 7) is 0.125. The molecule has 0 spiro atoms. The standard InChI is InChI=1S/C13H15BrN2O4S/c1-16(9-3-5-10(19-2)6-4-9)21(17,18)12-7-11(8-15)20-13(12)14/h3-7H,8,15H2,1-2H3. The zero-order valence-corrected chi connectivity index (χ0v) is 13.9. The van der Waals surface area contributed by atoms with Crippen molar-refractivity contribution in [2.45, 2.75) is 11.4 Å². The molecule has 21 heavy (non-hydrogen) atoms. The number of anilines is 1. The number of hydrogen-bond donors (Lipinski definition) is 1. The molecule has 0 aliphatic rings. The molecule has 0 saturated heterocycles. The van der Waals surface area contributed by atoms with E-state index in [1.807, 2.05) is 0 Å². The van der Waals surface area contributed by atoms with E-state index in [0.29, 0.717) is 17.2 Å². The summed E-state index contributed by atoms with van der Waals surface area (Å²) in [5.41, 5.74) is 5.97. The van der Waals surface area contributed by atoms with E-state index in [9.17, 15) is 8.42 Å². The molecule has 1 aromatic carbocycles. The van der Waals surface area contributed by atoms with Gasteiger partial charge in [-0.15, -0.1) is 0 Å². The number of hydrogen-bond acceptors (Lipinski definition) is 5. The first-order chi connectivity index (χ1) is 9.90. The van der Waals surface area contributed by atoms with Crippen LogP contribution in [0.4, 0.5) is 5.69 Å². The predicted octanol–water partition coefficient (Wildman–Crippen LogP) is 2.33. The minimum absolute atomic E-state index is 0.0428. The predicted molar refractivity (Wildman–Crippen MR) is 82.9 cm³/mol. The van der Waals surface area contributed by atoms with Crippen molar-refractivity contribution < 1.29 is 17.6 Å². The van der Waals surface area contributed by atoms with Crippen molar-refractivity contribution in [3.05, 3.63) is 40.8 Å². The maximum absolute atomic E-state index is 12.6. The molecule has 8 heteroatoms. The van der Waals surface area contributed by atoms with Gasteiger partial charge in [-0.25, -0.2) is 8.42 Å². The lowest BCUT2D eigenvalue weighted by atomic mass is 10.3. The Labute approximate surface area is 131 Å². The summed E-state index contributed by atoms with van der Waals surface area (Å²) in [5, 5.41) is 0. The van der Waals surface area contributed by atoms with Crippen LogP contribution in [0, 0.1) is 0 Å². The van der Waals surface area contributed by atoms with E-state index in [1.165, 1.54) is 17.4 Å². The first-order valence-electron chi connectivity index (χ1n) is 6.01. The molecule has 0 saturated carbocycles. The fourth-order valence-corrected chi connectivity index (χ4v) is 3.91.